The van der Waals surface area contributed by atoms with Crippen molar-refractivity contribution in [1.29, 1.82) is 0 Å². The average molecular weight is 547 g/mol. The molecule has 3 heterocycles. The van der Waals surface area contributed by atoms with E-state index in [-0.39, 0.29) is 23.7 Å². The number of hydrogen-bond acceptors (Lipinski definition) is 7. The number of carboxylic acid groups (broad SMARTS) is 1. The second-order valence-electron chi connectivity index (χ2n) is 11.9. The molecule has 0 amide bonds. The molecule has 1 atom stereocenters. The molecule has 5 rings (SSSR count). The minimum absolute atomic E-state index is 0.135. The van der Waals surface area contributed by atoms with Crippen molar-refractivity contribution in [2.45, 2.75) is 91.5 Å². The van der Waals surface area contributed by atoms with E-state index in [4.69, 9.17) is 14.7 Å². The third-order valence-corrected chi connectivity index (χ3v) is 8.71. The standard InChI is InChI=1S/C31H42N6O3/c1-7-40-25-16-23(17(2)3)15-24(33-25)30-36-28-26(37(30)20(6)22-13-11-18(4)12-14-22)27(34-29(35-28)31(38)39)32-19(5)21-9-8-10-21/h15-19,21-22H,6-14H2,1-5H3,(H,38,39)(H,32,34,35)/t18?,19-,22?/m1/s1. The van der Waals surface area contributed by atoms with E-state index in [9.17, 15) is 9.90 Å². The first kappa shape index (κ1) is 28.1. The highest BCUT2D eigenvalue weighted by atomic mass is 16.5. The summed E-state index contributed by atoms with van der Waals surface area (Å²) in [6, 6.07) is 4.14. The van der Waals surface area contributed by atoms with Gasteiger partial charge >= 0.3 is 5.97 Å². The second kappa shape index (κ2) is 11.6. The predicted octanol–water partition coefficient (Wildman–Crippen LogP) is 7.01. The molecule has 0 aromatic carbocycles. The fraction of sp³-hybridized carbons (Fsp3) is 0.581. The van der Waals surface area contributed by atoms with Crippen LogP contribution in [0.25, 0.3) is 28.4 Å². The molecule has 0 radical (unpaired) electrons. The van der Waals surface area contributed by atoms with Crippen molar-refractivity contribution in [2.75, 3.05) is 11.9 Å². The number of fused-ring (bicyclic) bond motifs is 1. The van der Waals surface area contributed by atoms with Crippen molar-refractivity contribution in [2.24, 2.45) is 17.8 Å². The van der Waals surface area contributed by atoms with E-state index in [1.807, 2.05) is 23.6 Å². The Morgan fingerprint density at radius 2 is 1.82 bits per heavy atom. The molecule has 9 nitrogen and oxygen atoms in total. The summed E-state index contributed by atoms with van der Waals surface area (Å²) >= 11 is 0. The molecule has 0 bridgehead atoms. The quantitative estimate of drug-likeness (QED) is 0.279. The zero-order valence-electron chi connectivity index (χ0n) is 24.4. The van der Waals surface area contributed by atoms with E-state index < -0.39 is 5.97 Å². The highest BCUT2D eigenvalue weighted by Gasteiger charge is 2.31. The maximum Gasteiger partial charge on any atom is 0.374 e. The van der Waals surface area contributed by atoms with Crippen LogP contribution in [-0.4, -0.2) is 48.2 Å². The van der Waals surface area contributed by atoms with Crippen LogP contribution in [0.3, 0.4) is 0 Å². The molecular weight excluding hydrogens is 504 g/mol. The van der Waals surface area contributed by atoms with Gasteiger partial charge in [-0.3, -0.25) is 4.57 Å². The number of rotatable bonds is 10. The summed E-state index contributed by atoms with van der Waals surface area (Å²) in [7, 11) is 0. The van der Waals surface area contributed by atoms with Crippen LogP contribution in [0.5, 0.6) is 5.88 Å². The van der Waals surface area contributed by atoms with Crippen LogP contribution in [0, 0.1) is 17.8 Å². The van der Waals surface area contributed by atoms with Gasteiger partial charge in [-0.1, -0.05) is 46.6 Å². The van der Waals surface area contributed by atoms with Gasteiger partial charge < -0.3 is 15.2 Å². The van der Waals surface area contributed by atoms with Gasteiger partial charge in [0, 0.05) is 17.8 Å². The lowest BCUT2D eigenvalue weighted by Gasteiger charge is -2.32. The summed E-state index contributed by atoms with van der Waals surface area (Å²) in [4.78, 5) is 30.7. The third kappa shape index (κ3) is 5.56. The van der Waals surface area contributed by atoms with Gasteiger partial charge in [0.25, 0.3) is 0 Å². The minimum atomic E-state index is -1.18. The lowest BCUT2D eigenvalue weighted by molar-refractivity contribution is 0.0684. The highest BCUT2D eigenvalue weighted by Crippen LogP contribution is 2.40. The lowest BCUT2D eigenvalue weighted by atomic mass is 9.80. The number of ether oxygens (including phenoxy) is 1. The van der Waals surface area contributed by atoms with Crippen LogP contribution >= 0.6 is 0 Å². The molecular formula is C31H42N6O3. The summed E-state index contributed by atoms with van der Waals surface area (Å²) < 4.78 is 7.89. The number of hydrogen-bond donors (Lipinski definition) is 2. The number of pyridine rings is 1. The van der Waals surface area contributed by atoms with Crippen molar-refractivity contribution >= 4 is 28.6 Å². The molecule has 0 unspecified atom stereocenters. The number of aromatic nitrogens is 5. The second-order valence-corrected chi connectivity index (χ2v) is 11.9. The maximum atomic E-state index is 12.1. The molecule has 40 heavy (non-hydrogen) atoms. The molecule has 0 aliphatic heterocycles. The lowest BCUT2D eigenvalue weighted by Crippen LogP contribution is -2.31. The fourth-order valence-electron chi connectivity index (χ4n) is 5.88. The molecule has 3 aromatic rings. The fourth-order valence-corrected chi connectivity index (χ4v) is 5.88. The van der Waals surface area contributed by atoms with Gasteiger partial charge in [0.15, 0.2) is 17.3 Å². The molecule has 2 aliphatic carbocycles. The number of anilines is 1. The minimum Gasteiger partial charge on any atom is -0.478 e. The molecule has 214 valence electrons. The number of nitrogens with zero attached hydrogens (tertiary/aromatic N) is 5. The van der Waals surface area contributed by atoms with Gasteiger partial charge in [0.05, 0.1) is 6.61 Å². The zero-order valence-corrected chi connectivity index (χ0v) is 24.4. The normalized spacial score (nSPS) is 20.4. The van der Waals surface area contributed by atoms with E-state index >= 15 is 0 Å². The van der Waals surface area contributed by atoms with E-state index in [1.165, 1.54) is 6.42 Å². The first-order chi connectivity index (χ1) is 19.2. The predicted molar refractivity (Wildman–Crippen MR) is 158 cm³/mol. The number of carboxylic acids is 1. The van der Waals surface area contributed by atoms with Crippen LogP contribution in [0.4, 0.5) is 5.82 Å². The summed E-state index contributed by atoms with van der Waals surface area (Å²) in [5.41, 5.74) is 3.63. The number of nitrogens with one attached hydrogen (secondary N) is 1. The maximum absolute atomic E-state index is 12.1. The Kier molecular flexibility index (Phi) is 8.10. The Morgan fingerprint density at radius 3 is 2.42 bits per heavy atom. The Hall–Kier alpha value is -3.49. The van der Waals surface area contributed by atoms with E-state index in [1.54, 1.807) is 0 Å². The molecule has 2 N–H and O–H groups in total. The van der Waals surface area contributed by atoms with Crippen LogP contribution in [-0.2, 0) is 0 Å². The molecule has 2 fully saturated rings. The Morgan fingerprint density at radius 1 is 1.10 bits per heavy atom. The topological polar surface area (TPSA) is 115 Å². The molecule has 3 aromatic heterocycles. The van der Waals surface area contributed by atoms with Crippen molar-refractivity contribution in [3.63, 3.8) is 0 Å². The molecule has 0 spiro atoms. The van der Waals surface area contributed by atoms with Gasteiger partial charge in [-0.2, -0.15) is 0 Å². The largest absolute Gasteiger partial charge is 0.478 e. The SMILES string of the molecule is C=C(C1CCC(C)CC1)n1c(-c2cc(C(C)C)cc(OCC)n2)nc2nc(C(=O)O)nc(N[C@H](C)C3CCC3)c21. The summed E-state index contributed by atoms with van der Waals surface area (Å²) in [6.45, 7) is 15.7. The van der Waals surface area contributed by atoms with Crippen molar-refractivity contribution < 1.29 is 14.6 Å². The summed E-state index contributed by atoms with van der Waals surface area (Å²) in [5.74, 6) is 1.88. The summed E-state index contributed by atoms with van der Waals surface area (Å²) in [6.07, 6.45) is 7.89. The van der Waals surface area contributed by atoms with E-state index in [0.717, 1.165) is 49.8 Å². The smallest absolute Gasteiger partial charge is 0.374 e. The number of carbonyl (C=O) groups is 1. The number of allylic oxidation sites excluding steroid dienone is 1. The van der Waals surface area contributed by atoms with Crippen LogP contribution < -0.4 is 10.1 Å². The average Bonchev–Trinajstić information content (AvgIpc) is 3.27. The molecule has 2 saturated carbocycles. The third-order valence-electron chi connectivity index (χ3n) is 8.71. The van der Waals surface area contributed by atoms with Gasteiger partial charge in [0.1, 0.15) is 11.2 Å². The van der Waals surface area contributed by atoms with Crippen LogP contribution in [0.15, 0.2) is 18.7 Å². The zero-order chi connectivity index (χ0) is 28.6. The Labute approximate surface area is 236 Å². The highest BCUT2D eigenvalue weighted by molar-refractivity contribution is 5.94. The number of aromatic carboxylic acids is 1. The summed E-state index contributed by atoms with van der Waals surface area (Å²) in [5, 5.41) is 13.4. The van der Waals surface area contributed by atoms with Gasteiger partial charge in [0.2, 0.25) is 11.7 Å². The Balaban J connectivity index is 1.74. The molecule has 9 heteroatoms. The van der Waals surface area contributed by atoms with E-state index in [0.29, 0.717) is 52.8 Å². The Bertz CT molecular complexity index is 1400. The number of imidazole rings is 1. The van der Waals surface area contributed by atoms with Crippen molar-refractivity contribution in [3.8, 4) is 17.4 Å². The van der Waals surface area contributed by atoms with Crippen LogP contribution in [0.1, 0.15) is 102 Å². The van der Waals surface area contributed by atoms with Crippen molar-refractivity contribution in [1.82, 2.24) is 24.5 Å². The molecule has 2 aliphatic rings. The first-order valence-electron chi connectivity index (χ1n) is 14.8. The first-order valence-corrected chi connectivity index (χ1v) is 14.8. The monoisotopic (exact) mass is 546 g/mol. The molecule has 0 saturated heterocycles. The van der Waals surface area contributed by atoms with E-state index in [2.05, 4.69) is 49.6 Å². The van der Waals surface area contributed by atoms with Crippen LogP contribution in [0.2, 0.25) is 0 Å². The van der Waals surface area contributed by atoms with Crippen molar-refractivity contribution in [3.05, 3.63) is 30.1 Å². The van der Waals surface area contributed by atoms with Gasteiger partial charge in [-0.05, 0) is 74.8 Å². The van der Waals surface area contributed by atoms with Gasteiger partial charge in [-0.15, -0.1) is 0 Å². The van der Waals surface area contributed by atoms with Gasteiger partial charge in [-0.25, -0.2) is 24.7 Å².